The third-order valence-electron chi connectivity index (χ3n) is 2.85. The first-order valence-electron chi connectivity index (χ1n) is 5.76. The maximum Gasteiger partial charge on any atom is 0.418 e. The number of aliphatic hydroxyl groups is 1. The topological polar surface area (TPSA) is 90.1 Å². The summed E-state index contributed by atoms with van der Waals surface area (Å²) >= 11 is 0. The fraction of sp³-hybridized carbons (Fsp3) is 0.250. The maximum absolute atomic E-state index is 13.0. The molecule has 0 saturated carbocycles. The van der Waals surface area contributed by atoms with Gasteiger partial charge in [0.25, 0.3) is 0 Å². The number of benzene rings is 1. The highest BCUT2D eigenvalue weighted by Gasteiger charge is 2.34. The summed E-state index contributed by atoms with van der Waals surface area (Å²) in [6.07, 6.45) is -4.40. The molecule has 1 aromatic carbocycles. The molecule has 0 spiro atoms. The maximum atomic E-state index is 13.0. The number of anilines is 2. The number of halogens is 3. The number of hydrogen-bond acceptors (Lipinski definition) is 4. The third-order valence-corrected chi connectivity index (χ3v) is 2.85. The predicted molar refractivity (Wildman–Crippen MR) is 68.2 cm³/mol. The average molecular weight is 286 g/mol. The van der Waals surface area contributed by atoms with E-state index in [0.29, 0.717) is 5.56 Å². The molecule has 0 bridgehead atoms. The van der Waals surface area contributed by atoms with E-state index >= 15 is 0 Å². The zero-order valence-electron chi connectivity index (χ0n) is 10.4. The molecule has 2 aromatic rings. The first-order chi connectivity index (χ1) is 9.36. The summed E-state index contributed by atoms with van der Waals surface area (Å²) in [4.78, 5) is 0. The molecule has 0 unspecified atom stereocenters. The quantitative estimate of drug-likeness (QED) is 0.799. The normalized spacial score (nSPS) is 11.8. The number of alkyl halides is 3. The second-order valence-corrected chi connectivity index (χ2v) is 4.15. The van der Waals surface area contributed by atoms with Crippen LogP contribution in [-0.4, -0.2) is 21.5 Å². The molecule has 0 saturated heterocycles. The van der Waals surface area contributed by atoms with Crippen LogP contribution in [0.25, 0.3) is 5.69 Å². The van der Waals surface area contributed by atoms with Gasteiger partial charge in [0.05, 0.1) is 11.3 Å². The Bertz CT molecular complexity index is 622. The molecule has 5 N–H and O–H groups in total. The van der Waals surface area contributed by atoms with Crippen molar-refractivity contribution in [2.45, 2.75) is 12.6 Å². The van der Waals surface area contributed by atoms with Crippen LogP contribution < -0.4 is 11.5 Å². The van der Waals surface area contributed by atoms with Crippen LogP contribution in [0.5, 0.6) is 0 Å². The van der Waals surface area contributed by atoms with Gasteiger partial charge >= 0.3 is 6.18 Å². The van der Waals surface area contributed by atoms with E-state index in [-0.39, 0.29) is 30.4 Å². The van der Waals surface area contributed by atoms with Crippen molar-refractivity contribution < 1.29 is 18.3 Å². The fourth-order valence-electron chi connectivity index (χ4n) is 1.93. The number of hydrogen-bond donors (Lipinski definition) is 3. The first kappa shape index (κ1) is 14.2. The van der Waals surface area contributed by atoms with Gasteiger partial charge in [-0.25, -0.2) is 4.68 Å². The predicted octanol–water partition coefficient (Wildman–Crippen LogP) is 1.59. The summed E-state index contributed by atoms with van der Waals surface area (Å²) in [6, 6.07) is 4.93. The van der Waals surface area contributed by atoms with Crippen molar-refractivity contribution in [3.05, 3.63) is 35.4 Å². The third kappa shape index (κ3) is 2.42. The molecule has 0 aliphatic heterocycles. The number of aliphatic hydroxyl groups excluding tert-OH is 1. The highest BCUT2D eigenvalue weighted by molar-refractivity contribution is 5.59. The van der Waals surface area contributed by atoms with E-state index < -0.39 is 11.7 Å². The molecular weight excluding hydrogens is 273 g/mol. The molecular formula is C12H13F3N4O. The van der Waals surface area contributed by atoms with Crippen molar-refractivity contribution in [1.29, 1.82) is 0 Å². The summed E-state index contributed by atoms with van der Waals surface area (Å²) in [5.74, 6) is 0.00165. The lowest BCUT2D eigenvalue weighted by atomic mass is 10.1. The molecule has 0 amide bonds. The van der Waals surface area contributed by atoms with E-state index in [4.69, 9.17) is 16.6 Å². The highest BCUT2D eigenvalue weighted by atomic mass is 19.4. The van der Waals surface area contributed by atoms with E-state index in [1.165, 1.54) is 18.2 Å². The summed E-state index contributed by atoms with van der Waals surface area (Å²) in [5.41, 5.74) is 10.7. The van der Waals surface area contributed by atoms with Crippen LogP contribution in [0.2, 0.25) is 0 Å². The van der Waals surface area contributed by atoms with Gasteiger partial charge in [0.15, 0.2) is 5.82 Å². The molecule has 1 heterocycles. The van der Waals surface area contributed by atoms with Gasteiger partial charge in [-0.05, 0) is 12.1 Å². The van der Waals surface area contributed by atoms with Crippen LogP contribution in [0.15, 0.2) is 24.3 Å². The molecule has 0 aliphatic carbocycles. The Hall–Kier alpha value is -2.22. The number of nitrogens with zero attached hydrogens (tertiary/aromatic N) is 2. The summed E-state index contributed by atoms with van der Waals surface area (Å²) in [5, 5.41) is 12.7. The lowest BCUT2D eigenvalue weighted by molar-refractivity contribution is -0.137. The van der Waals surface area contributed by atoms with Crippen LogP contribution in [0.1, 0.15) is 11.1 Å². The number of rotatable bonds is 3. The Morgan fingerprint density at radius 1 is 1.20 bits per heavy atom. The largest absolute Gasteiger partial charge is 0.418 e. The number of nitrogen functional groups attached to an aromatic ring is 2. The molecule has 2 rings (SSSR count). The zero-order valence-corrected chi connectivity index (χ0v) is 10.4. The SMILES string of the molecule is Nc1nn(-c2ccccc2C(F)(F)F)c(N)c1CCO. The molecule has 1 aromatic heterocycles. The van der Waals surface area contributed by atoms with Gasteiger partial charge in [0.2, 0.25) is 0 Å². The molecule has 5 nitrogen and oxygen atoms in total. The summed E-state index contributed by atoms with van der Waals surface area (Å²) in [7, 11) is 0. The lowest BCUT2D eigenvalue weighted by Gasteiger charge is -2.13. The smallest absolute Gasteiger partial charge is 0.396 e. The van der Waals surface area contributed by atoms with Gasteiger partial charge in [-0.15, -0.1) is 5.10 Å². The van der Waals surface area contributed by atoms with Gasteiger partial charge in [-0.1, -0.05) is 12.1 Å². The minimum Gasteiger partial charge on any atom is -0.396 e. The fourth-order valence-corrected chi connectivity index (χ4v) is 1.93. The summed E-state index contributed by atoms with van der Waals surface area (Å²) < 4.78 is 39.9. The van der Waals surface area contributed by atoms with E-state index in [9.17, 15) is 13.2 Å². The van der Waals surface area contributed by atoms with E-state index in [0.717, 1.165) is 10.7 Å². The van der Waals surface area contributed by atoms with Crippen molar-refractivity contribution in [1.82, 2.24) is 9.78 Å². The van der Waals surface area contributed by atoms with Crippen LogP contribution in [-0.2, 0) is 12.6 Å². The van der Waals surface area contributed by atoms with E-state index in [2.05, 4.69) is 5.10 Å². The molecule has 0 aliphatic rings. The van der Waals surface area contributed by atoms with Crippen LogP contribution in [0, 0.1) is 0 Å². The van der Waals surface area contributed by atoms with Gasteiger partial charge in [-0.3, -0.25) is 0 Å². The second kappa shape index (κ2) is 5.04. The van der Waals surface area contributed by atoms with Gasteiger partial charge < -0.3 is 16.6 Å². The Morgan fingerprint density at radius 3 is 2.45 bits per heavy atom. The lowest BCUT2D eigenvalue weighted by Crippen LogP contribution is -2.13. The summed E-state index contributed by atoms with van der Waals surface area (Å²) in [6.45, 7) is -0.221. The minimum atomic E-state index is -4.53. The van der Waals surface area contributed by atoms with Crippen molar-refractivity contribution in [3.63, 3.8) is 0 Å². The van der Waals surface area contributed by atoms with E-state index in [1.54, 1.807) is 0 Å². The Morgan fingerprint density at radius 2 is 1.85 bits per heavy atom. The molecule has 108 valence electrons. The Kier molecular flexibility index (Phi) is 3.58. The molecule has 20 heavy (non-hydrogen) atoms. The van der Waals surface area contributed by atoms with Gasteiger partial charge in [0.1, 0.15) is 5.82 Å². The Labute approximate surface area is 112 Å². The monoisotopic (exact) mass is 286 g/mol. The minimum absolute atomic E-state index is 0.00625. The number of aromatic nitrogens is 2. The van der Waals surface area contributed by atoms with Crippen molar-refractivity contribution >= 4 is 11.6 Å². The highest BCUT2D eigenvalue weighted by Crippen LogP contribution is 2.35. The van der Waals surface area contributed by atoms with Gasteiger partial charge in [-0.2, -0.15) is 13.2 Å². The average Bonchev–Trinajstić information content (AvgIpc) is 2.66. The molecule has 0 atom stereocenters. The second-order valence-electron chi connectivity index (χ2n) is 4.15. The first-order valence-corrected chi connectivity index (χ1v) is 5.76. The van der Waals surface area contributed by atoms with Crippen LogP contribution in [0.4, 0.5) is 24.8 Å². The van der Waals surface area contributed by atoms with Crippen molar-refractivity contribution in [2.75, 3.05) is 18.1 Å². The number of para-hydroxylation sites is 1. The molecule has 0 radical (unpaired) electrons. The van der Waals surface area contributed by atoms with Crippen molar-refractivity contribution in [2.24, 2.45) is 0 Å². The standard InChI is InChI=1S/C12H13F3N4O/c13-12(14,15)8-3-1-2-4-9(8)19-11(17)7(5-6-20)10(16)18-19/h1-4,20H,5-6,17H2,(H2,16,18). The van der Waals surface area contributed by atoms with Crippen LogP contribution >= 0.6 is 0 Å². The van der Waals surface area contributed by atoms with Crippen molar-refractivity contribution in [3.8, 4) is 5.69 Å². The zero-order chi connectivity index (χ0) is 14.9. The Balaban J connectivity index is 2.61. The molecule has 0 fully saturated rings. The van der Waals surface area contributed by atoms with Crippen LogP contribution in [0.3, 0.4) is 0 Å². The number of nitrogens with two attached hydrogens (primary N) is 2. The molecule has 8 heteroatoms. The van der Waals surface area contributed by atoms with Gasteiger partial charge in [0, 0.05) is 18.6 Å². The van der Waals surface area contributed by atoms with E-state index in [1.807, 2.05) is 0 Å².